The number of hydrogen-bond acceptors (Lipinski definition) is 4. The normalized spacial score (nSPS) is 20.9. The van der Waals surface area contributed by atoms with Gasteiger partial charge in [0.1, 0.15) is 6.10 Å². The number of aromatic nitrogens is 2. The number of fused-ring (bicyclic) bond motifs is 1. The Balaban J connectivity index is 1.76. The molecule has 2 N–H and O–H groups in total. The largest absolute Gasteiger partial charge is 0.456 e. The molecule has 0 spiro atoms. The highest BCUT2D eigenvalue weighted by molar-refractivity contribution is 5.90. The van der Waals surface area contributed by atoms with Crippen molar-refractivity contribution in [3.05, 3.63) is 30.1 Å². The third-order valence-electron chi connectivity index (χ3n) is 4.01. The average molecular weight is 301 g/mol. The Hall–Kier alpha value is -1.88. The van der Waals surface area contributed by atoms with Crippen molar-refractivity contribution in [3.63, 3.8) is 0 Å². The Bertz CT molecular complexity index is 654. The lowest BCUT2D eigenvalue weighted by Gasteiger charge is -2.45. The van der Waals surface area contributed by atoms with Gasteiger partial charge in [0.15, 0.2) is 0 Å². The number of imidazole rings is 1. The molecule has 1 saturated heterocycles. The number of rotatable bonds is 2. The molecule has 0 bridgehead atoms. The molecule has 1 aromatic carbocycles. The predicted octanol–water partition coefficient (Wildman–Crippen LogP) is 3.03. The third-order valence-corrected chi connectivity index (χ3v) is 4.01. The Morgan fingerprint density at radius 3 is 2.45 bits per heavy atom. The molecule has 22 heavy (non-hydrogen) atoms. The van der Waals surface area contributed by atoms with E-state index in [1.165, 1.54) is 0 Å². The maximum absolute atomic E-state index is 12.4. The number of aromatic amines is 1. The molecule has 0 unspecified atom stereocenters. The van der Waals surface area contributed by atoms with Crippen molar-refractivity contribution in [2.75, 3.05) is 0 Å². The van der Waals surface area contributed by atoms with E-state index < -0.39 is 0 Å². The monoisotopic (exact) mass is 301 g/mol. The van der Waals surface area contributed by atoms with E-state index in [1.54, 1.807) is 0 Å². The molecule has 118 valence electrons. The summed E-state index contributed by atoms with van der Waals surface area (Å²) in [7, 11) is 0. The maximum atomic E-state index is 12.4. The Kier molecular flexibility index (Phi) is 3.48. The van der Waals surface area contributed by atoms with E-state index in [1.807, 2.05) is 24.3 Å². The van der Waals surface area contributed by atoms with Crippen LogP contribution in [0.3, 0.4) is 0 Å². The van der Waals surface area contributed by atoms with Crippen LogP contribution in [0.15, 0.2) is 24.3 Å². The fraction of sp³-hybridized carbons (Fsp3) is 0.529. The maximum Gasteiger partial charge on any atom is 0.374 e. The summed E-state index contributed by atoms with van der Waals surface area (Å²) in [6.45, 7) is 8.54. The number of piperidine rings is 1. The summed E-state index contributed by atoms with van der Waals surface area (Å²) in [5, 5.41) is 3.58. The van der Waals surface area contributed by atoms with Crippen LogP contribution in [0.4, 0.5) is 0 Å². The van der Waals surface area contributed by atoms with E-state index in [0.29, 0.717) is 0 Å². The van der Waals surface area contributed by atoms with E-state index in [-0.39, 0.29) is 29.0 Å². The van der Waals surface area contributed by atoms with Gasteiger partial charge < -0.3 is 15.0 Å². The van der Waals surface area contributed by atoms with E-state index >= 15 is 0 Å². The number of ether oxygens (including phenoxy) is 1. The van der Waals surface area contributed by atoms with Crippen LogP contribution in [0.5, 0.6) is 0 Å². The minimum Gasteiger partial charge on any atom is -0.456 e. The minimum absolute atomic E-state index is 0.0550. The quantitative estimate of drug-likeness (QED) is 0.837. The molecule has 0 saturated carbocycles. The van der Waals surface area contributed by atoms with Gasteiger partial charge in [0.05, 0.1) is 11.0 Å². The molecule has 1 aromatic heterocycles. The molecule has 2 heterocycles. The first kappa shape index (κ1) is 15.0. The van der Waals surface area contributed by atoms with Gasteiger partial charge in [0.2, 0.25) is 5.82 Å². The summed E-state index contributed by atoms with van der Waals surface area (Å²) in [6, 6.07) is 7.58. The van der Waals surface area contributed by atoms with Crippen LogP contribution in [-0.2, 0) is 4.74 Å². The summed E-state index contributed by atoms with van der Waals surface area (Å²) >= 11 is 0. The van der Waals surface area contributed by atoms with Gasteiger partial charge in [-0.25, -0.2) is 9.78 Å². The number of nitrogens with one attached hydrogen (secondary N) is 2. The first-order chi connectivity index (χ1) is 10.2. The number of H-pyrrole nitrogens is 1. The number of carbonyl (C=O) groups is 1. The zero-order valence-corrected chi connectivity index (χ0v) is 13.6. The predicted molar refractivity (Wildman–Crippen MR) is 85.8 cm³/mol. The number of hydrogen-bond donors (Lipinski definition) is 2. The number of esters is 1. The van der Waals surface area contributed by atoms with Crippen molar-refractivity contribution in [3.8, 4) is 0 Å². The third kappa shape index (κ3) is 3.14. The lowest BCUT2D eigenvalue weighted by atomic mass is 9.81. The summed E-state index contributed by atoms with van der Waals surface area (Å²) in [6.07, 6.45) is 1.48. The highest BCUT2D eigenvalue weighted by Crippen LogP contribution is 2.30. The van der Waals surface area contributed by atoms with Crippen LogP contribution >= 0.6 is 0 Å². The minimum atomic E-state index is -0.380. The Morgan fingerprint density at radius 2 is 1.82 bits per heavy atom. The lowest BCUT2D eigenvalue weighted by Crippen LogP contribution is -2.59. The van der Waals surface area contributed by atoms with Crippen LogP contribution in [0.2, 0.25) is 0 Å². The van der Waals surface area contributed by atoms with Gasteiger partial charge in [0.25, 0.3) is 0 Å². The van der Waals surface area contributed by atoms with Crippen molar-refractivity contribution in [1.29, 1.82) is 0 Å². The summed E-state index contributed by atoms with van der Waals surface area (Å²) in [5.41, 5.74) is 1.52. The van der Waals surface area contributed by atoms with Crippen LogP contribution < -0.4 is 5.32 Å². The molecule has 3 rings (SSSR count). The molecule has 0 amide bonds. The molecule has 1 aliphatic heterocycles. The van der Waals surface area contributed by atoms with Gasteiger partial charge in [-0.3, -0.25) is 0 Å². The zero-order valence-electron chi connectivity index (χ0n) is 13.6. The van der Waals surface area contributed by atoms with E-state index in [0.717, 1.165) is 23.9 Å². The van der Waals surface area contributed by atoms with Gasteiger partial charge in [-0.05, 0) is 39.8 Å². The molecule has 2 aromatic rings. The van der Waals surface area contributed by atoms with Gasteiger partial charge >= 0.3 is 5.97 Å². The fourth-order valence-corrected chi connectivity index (χ4v) is 3.57. The van der Waals surface area contributed by atoms with Gasteiger partial charge in [-0.15, -0.1) is 0 Å². The van der Waals surface area contributed by atoms with Crippen molar-refractivity contribution in [2.24, 2.45) is 0 Å². The molecule has 5 heteroatoms. The molecule has 5 nitrogen and oxygen atoms in total. The van der Waals surface area contributed by atoms with Crippen LogP contribution in [-0.4, -0.2) is 33.1 Å². The van der Waals surface area contributed by atoms with Gasteiger partial charge in [0, 0.05) is 23.9 Å². The highest BCUT2D eigenvalue weighted by atomic mass is 16.5. The molecule has 0 radical (unpaired) electrons. The molecule has 1 fully saturated rings. The van der Waals surface area contributed by atoms with Crippen molar-refractivity contribution >= 4 is 17.0 Å². The molecular formula is C17H23N3O2. The van der Waals surface area contributed by atoms with Crippen molar-refractivity contribution < 1.29 is 9.53 Å². The highest BCUT2D eigenvalue weighted by Gasteiger charge is 2.39. The topological polar surface area (TPSA) is 67.0 Å². The number of carbonyl (C=O) groups excluding carboxylic acids is 1. The molecule has 0 atom stereocenters. The second-order valence-corrected chi connectivity index (χ2v) is 7.43. The second kappa shape index (κ2) is 5.09. The van der Waals surface area contributed by atoms with Crippen molar-refractivity contribution in [2.45, 2.75) is 57.7 Å². The zero-order chi connectivity index (χ0) is 16.0. The van der Waals surface area contributed by atoms with E-state index in [4.69, 9.17) is 4.74 Å². The summed E-state index contributed by atoms with van der Waals surface area (Å²) in [5.74, 6) is -0.106. The molecule has 0 aliphatic carbocycles. The fourth-order valence-electron chi connectivity index (χ4n) is 3.57. The van der Waals surface area contributed by atoms with E-state index in [2.05, 4.69) is 43.0 Å². The number of nitrogens with zero attached hydrogens (tertiary/aromatic N) is 1. The number of benzene rings is 1. The first-order valence-corrected chi connectivity index (χ1v) is 7.69. The molecular weight excluding hydrogens is 278 g/mol. The summed E-state index contributed by atoms with van der Waals surface area (Å²) < 4.78 is 5.71. The second-order valence-electron chi connectivity index (χ2n) is 7.43. The van der Waals surface area contributed by atoms with Gasteiger partial charge in [-0.1, -0.05) is 12.1 Å². The van der Waals surface area contributed by atoms with Crippen LogP contribution in [0.1, 0.15) is 51.2 Å². The Morgan fingerprint density at radius 1 is 1.18 bits per heavy atom. The van der Waals surface area contributed by atoms with E-state index in [9.17, 15) is 4.79 Å². The van der Waals surface area contributed by atoms with Gasteiger partial charge in [-0.2, -0.15) is 0 Å². The average Bonchev–Trinajstić information content (AvgIpc) is 2.78. The van der Waals surface area contributed by atoms with Crippen molar-refractivity contribution in [1.82, 2.24) is 15.3 Å². The lowest BCUT2D eigenvalue weighted by molar-refractivity contribution is -0.00732. The van der Waals surface area contributed by atoms with Crippen LogP contribution in [0.25, 0.3) is 11.0 Å². The first-order valence-electron chi connectivity index (χ1n) is 7.69. The standard InChI is InChI=1S/C17H23N3O2/c1-16(2)9-11(10-17(3,4)20-16)22-15(21)14-18-12-7-5-6-8-13(12)19-14/h5-8,11,20H,9-10H2,1-4H3,(H,18,19). The molecule has 1 aliphatic rings. The Labute approximate surface area is 130 Å². The SMILES string of the molecule is CC1(C)CC(OC(=O)c2nc3ccccc3[nH]2)CC(C)(C)N1. The summed E-state index contributed by atoms with van der Waals surface area (Å²) in [4.78, 5) is 19.7. The number of para-hydroxylation sites is 2. The van der Waals surface area contributed by atoms with Crippen LogP contribution in [0, 0.1) is 0 Å². The smallest absolute Gasteiger partial charge is 0.374 e.